The predicted octanol–water partition coefficient (Wildman–Crippen LogP) is 11.0. The van der Waals surface area contributed by atoms with Crippen LogP contribution in [0.1, 0.15) is 153 Å². The van der Waals surface area contributed by atoms with Gasteiger partial charge in [0, 0.05) is 0 Å². The molecule has 232 valence electrons. The van der Waals surface area contributed by atoms with Gasteiger partial charge in [-0.2, -0.15) is 8.42 Å². The highest BCUT2D eigenvalue weighted by Crippen LogP contribution is 2.35. The van der Waals surface area contributed by atoms with Crippen molar-refractivity contribution in [3.05, 3.63) is 99.6 Å². The number of hydrogen-bond donors (Lipinski definition) is 1. The van der Waals surface area contributed by atoms with Crippen molar-refractivity contribution in [1.82, 2.24) is 0 Å². The fourth-order valence-corrected chi connectivity index (χ4v) is 6.16. The van der Waals surface area contributed by atoms with Crippen LogP contribution in [0.3, 0.4) is 0 Å². The molecule has 0 fully saturated rings. The van der Waals surface area contributed by atoms with E-state index in [-0.39, 0.29) is 27.6 Å². The minimum atomic E-state index is -4.20. The fraction of sp³-hybridized carbons (Fsp3) is 0.526. The summed E-state index contributed by atoms with van der Waals surface area (Å²) < 4.78 is 33.0. The molecule has 0 bridgehead atoms. The van der Waals surface area contributed by atoms with E-state index in [1.807, 2.05) is 39.8 Å². The second kappa shape index (κ2) is 14.4. The quantitative estimate of drug-likeness (QED) is 0.238. The minimum Gasteiger partial charge on any atom is -0.282 e. The second-order valence-corrected chi connectivity index (χ2v) is 15.4. The van der Waals surface area contributed by atoms with Crippen LogP contribution in [0, 0.1) is 0 Å². The van der Waals surface area contributed by atoms with Crippen molar-refractivity contribution in [1.29, 1.82) is 0 Å². The molecule has 0 aliphatic carbocycles. The summed E-state index contributed by atoms with van der Waals surface area (Å²) in [4.78, 5) is 0.0990. The van der Waals surface area contributed by atoms with Crippen LogP contribution in [0.5, 0.6) is 0 Å². The summed E-state index contributed by atoms with van der Waals surface area (Å²) in [5, 5.41) is 0. The van der Waals surface area contributed by atoms with Crippen LogP contribution in [0.15, 0.2) is 65.6 Å². The maximum Gasteiger partial charge on any atom is 0.295 e. The molecular formula is C38H56O3S. The van der Waals surface area contributed by atoms with Crippen molar-refractivity contribution in [3.8, 4) is 0 Å². The molecule has 0 spiro atoms. The predicted molar refractivity (Wildman–Crippen MR) is 181 cm³/mol. The molecule has 0 aliphatic rings. The Labute approximate surface area is 257 Å². The molecule has 42 heavy (non-hydrogen) atoms. The van der Waals surface area contributed by atoms with Gasteiger partial charge in [-0.1, -0.05) is 144 Å². The van der Waals surface area contributed by atoms with Gasteiger partial charge in [0.05, 0.1) is 0 Å². The lowest BCUT2D eigenvalue weighted by molar-refractivity contribution is 0.479. The Morgan fingerprint density at radius 3 is 1.19 bits per heavy atom. The number of hydrogen-bond acceptors (Lipinski definition) is 2. The van der Waals surface area contributed by atoms with Gasteiger partial charge in [-0.25, -0.2) is 0 Å². The second-order valence-electron chi connectivity index (χ2n) is 14.0. The fourth-order valence-electron chi connectivity index (χ4n) is 4.98. The summed E-state index contributed by atoms with van der Waals surface area (Å²) in [5.74, 6) is 0.423. The molecule has 0 aromatic heterocycles. The Bertz CT molecular complexity index is 1310. The van der Waals surface area contributed by atoms with E-state index in [1.165, 1.54) is 35.1 Å². The highest BCUT2D eigenvalue weighted by Gasteiger charge is 2.25. The molecule has 0 saturated carbocycles. The van der Waals surface area contributed by atoms with Crippen molar-refractivity contribution in [2.24, 2.45) is 0 Å². The van der Waals surface area contributed by atoms with Crippen molar-refractivity contribution in [3.63, 3.8) is 0 Å². The molecule has 3 rings (SSSR count). The molecule has 0 amide bonds. The Kier molecular flexibility index (Phi) is 12.2. The van der Waals surface area contributed by atoms with Crippen molar-refractivity contribution < 1.29 is 13.0 Å². The lowest BCUT2D eigenvalue weighted by Gasteiger charge is -2.24. The zero-order chi connectivity index (χ0) is 32.0. The summed E-state index contributed by atoms with van der Waals surface area (Å²) >= 11 is 0. The normalized spacial score (nSPS) is 12.6. The first kappa shape index (κ1) is 35.8. The van der Waals surface area contributed by atoms with Crippen molar-refractivity contribution >= 4 is 10.1 Å². The molecule has 1 N–H and O–H groups in total. The van der Waals surface area contributed by atoms with Crippen LogP contribution < -0.4 is 0 Å². The first-order valence-corrected chi connectivity index (χ1v) is 17.1. The highest BCUT2D eigenvalue weighted by molar-refractivity contribution is 7.86. The van der Waals surface area contributed by atoms with E-state index in [2.05, 4.69) is 104 Å². The maximum atomic E-state index is 11.7. The monoisotopic (exact) mass is 592 g/mol. The average molecular weight is 593 g/mol. The van der Waals surface area contributed by atoms with Gasteiger partial charge in [0.25, 0.3) is 10.1 Å². The standard InChI is InChI=1S/C23H32.C15H24O3S/c1-7-22(3,4)20-13-9-18(10-14-20)17-19-11-15-21(16-12-19)23(5,6)8-2;1-9(2)12-7-13(10(3)4)15(19(16,17)18)14(8-12)11(5)6/h9-16H,7-8,17H2,1-6H3;7-11H,1-6H3,(H,16,17,18). The molecule has 0 unspecified atom stereocenters. The topological polar surface area (TPSA) is 54.4 Å². The molecule has 0 aliphatic heterocycles. The summed E-state index contributed by atoms with van der Waals surface area (Å²) in [6, 6.07) is 22.2. The summed E-state index contributed by atoms with van der Waals surface area (Å²) in [5.41, 5.74) is 8.71. The Morgan fingerprint density at radius 2 is 0.952 bits per heavy atom. The first-order valence-electron chi connectivity index (χ1n) is 15.7. The lowest BCUT2D eigenvalue weighted by Crippen LogP contribution is -2.15. The Morgan fingerprint density at radius 1 is 0.619 bits per heavy atom. The third-order valence-electron chi connectivity index (χ3n) is 8.98. The van der Waals surface area contributed by atoms with Gasteiger partial charge in [-0.3, -0.25) is 4.55 Å². The molecule has 3 nitrogen and oxygen atoms in total. The smallest absolute Gasteiger partial charge is 0.282 e. The summed E-state index contributed by atoms with van der Waals surface area (Å²) in [6.45, 7) is 25.7. The van der Waals surface area contributed by atoms with E-state index in [0.29, 0.717) is 17.0 Å². The SMILES string of the molecule is CC(C)c1cc(C(C)C)c(S(=O)(=O)O)c(C(C)C)c1.CCC(C)(C)c1ccc(Cc2ccc(C(C)(C)CC)cc2)cc1. The van der Waals surface area contributed by atoms with Crippen LogP contribution in [0.25, 0.3) is 0 Å². The summed E-state index contributed by atoms with van der Waals surface area (Å²) in [7, 11) is -4.20. The van der Waals surface area contributed by atoms with Gasteiger partial charge in [-0.05, 0) is 86.8 Å². The maximum absolute atomic E-state index is 11.7. The van der Waals surface area contributed by atoms with E-state index in [4.69, 9.17) is 0 Å². The zero-order valence-corrected chi connectivity index (χ0v) is 29.1. The van der Waals surface area contributed by atoms with E-state index >= 15 is 0 Å². The Balaban J connectivity index is 0.000000299. The van der Waals surface area contributed by atoms with Crippen LogP contribution in [-0.4, -0.2) is 13.0 Å². The minimum absolute atomic E-state index is 0.0492. The molecule has 0 heterocycles. The first-order chi connectivity index (χ1) is 19.3. The van der Waals surface area contributed by atoms with Crippen LogP contribution in [-0.2, 0) is 27.4 Å². The largest absolute Gasteiger partial charge is 0.295 e. The molecular weight excluding hydrogens is 536 g/mol. The van der Waals surface area contributed by atoms with Crippen LogP contribution in [0.4, 0.5) is 0 Å². The number of benzene rings is 3. The summed E-state index contributed by atoms with van der Waals surface area (Å²) in [6.07, 6.45) is 3.35. The third kappa shape index (κ3) is 9.28. The molecule has 3 aromatic carbocycles. The third-order valence-corrected chi connectivity index (χ3v) is 9.97. The average Bonchev–Trinajstić information content (AvgIpc) is 2.92. The van der Waals surface area contributed by atoms with Gasteiger partial charge >= 0.3 is 0 Å². The highest BCUT2D eigenvalue weighted by atomic mass is 32.2. The van der Waals surface area contributed by atoms with E-state index in [1.54, 1.807) is 0 Å². The van der Waals surface area contributed by atoms with Gasteiger partial charge in [0.15, 0.2) is 0 Å². The van der Waals surface area contributed by atoms with Crippen LogP contribution in [0.2, 0.25) is 0 Å². The lowest BCUT2D eigenvalue weighted by atomic mass is 9.81. The van der Waals surface area contributed by atoms with Gasteiger partial charge in [-0.15, -0.1) is 0 Å². The Hall–Kier alpha value is -2.43. The van der Waals surface area contributed by atoms with Crippen molar-refractivity contribution in [2.75, 3.05) is 0 Å². The molecule has 4 heteroatoms. The molecule has 0 atom stereocenters. The van der Waals surface area contributed by atoms with E-state index in [9.17, 15) is 13.0 Å². The van der Waals surface area contributed by atoms with E-state index in [0.717, 1.165) is 12.0 Å². The number of rotatable bonds is 10. The van der Waals surface area contributed by atoms with Gasteiger partial charge in [0.2, 0.25) is 0 Å². The molecule has 0 saturated heterocycles. The van der Waals surface area contributed by atoms with Crippen molar-refractivity contribution in [2.45, 2.75) is 136 Å². The zero-order valence-electron chi connectivity index (χ0n) is 28.3. The van der Waals surface area contributed by atoms with Gasteiger partial charge in [0.1, 0.15) is 4.90 Å². The molecule has 3 aromatic rings. The van der Waals surface area contributed by atoms with Gasteiger partial charge < -0.3 is 0 Å². The van der Waals surface area contributed by atoms with Crippen LogP contribution >= 0.6 is 0 Å². The van der Waals surface area contributed by atoms with E-state index < -0.39 is 10.1 Å². The molecule has 0 radical (unpaired) electrons.